The van der Waals surface area contributed by atoms with Crippen LogP contribution in [-0.2, 0) is 20.7 Å². The summed E-state index contributed by atoms with van der Waals surface area (Å²) in [5, 5.41) is 25.6. The Labute approximate surface area is 201 Å². The highest BCUT2D eigenvalue weighted by Crippen LogP contribution is 2.43. The zero-order valence-corrected chi connectivity index (χ0v) is 19.8. The molecule has 0 aliphatic heterocycles. The third kappa shape index (κ3) is 4.60. The maximum Gasteiger partial charge on any atom is 0.164 e. The van der Waals surface area contributed by atoms with Crippen LogP contribution in [0.15, 0.2) is 54.6 Å². The molecule has 0 aromatic heterocycles. The van der Waals surface area contributed by atoms with Crippen molar-refractivity contribution >= 4 is 11.6 Å². The Hall–Kier alpha value is -2.38. The number of benzene rings is 2. The number of Topliss-reactive ketones (excluding diaryl/α,β-unsaturated/α-hetero) is 2. The fraction of sp³-hybridized carbons (Fsp3) is 0.500. The molecule has 34 heavy (non-hydrogen) atoms. The molecule has 3 atom stereocenters. The van der Waals surface area contributed by atoms with E-state index in [4.69, 9.17) is 0 Å². The lowest BCUT2D eigenvalue weighted by Gasteiger charge is -2.41. The standard InChI is InChI=1S/C28H36N2O4/c31-18-16-29-27(14-5-4-13-25(27)33)23-11-6-8-21(20-23)24-12-7-15-28(26(24)34,30-17-19-32)22-9-2-1-3-10-22/h1-3,6,8-11,20,24,29-32H,4-5,7,12-19H2/t24?,27-,28+/m1/s1. The van der Waals surface area contributed by atoms with Crippen molar-refractivity contribution in [2.75, 3.05) is 26.3 Å². The van der Waals surface area contributed by atoms with E-state index in [1.807, 2.05) is 54.6 Å². The molecule has 4 N–H and O–H groups in total. The van der Waals surface area contributed by atoms with Gasteiger partial charge in [0.25, 0.3) is 0 Å². The topological polar surface area (TPSA) is 98.7 Å². The second kappa shape index (κ2) is 10.9. The maximum absolute atomic E-state index is 14.1. The largest absolute Gasteiger partial charge is 0.395 e. The zero-order chi connectivity index (χ0) is 24.0. The second-order valence-corrected chi connectivity index (χ2v) is 9.54. The van der Waals surface area contributed by atoms with Crippen molar-refractivity contribution < 1.29 is 19.8 Å². The van der Waals surface area contributed by atoms with E-state index in [-0.39, 0.29) is 30.7 Å². The minimum absolute atomic E-state index is 0.0358. The fourth-order valence-electron chi connectivity index (χ4n) is 5.91. The van der Waals surface area contributed by atoms with Crippen LogP contribution in [0.1, 0.15) is 67.6 Å². The van der Waals surface area contributed by atoms with Gasteiger partial charge in [0.15, 0.2) is 11.6 Å². The summed E-state index contributed by atoms with van der Waals surface area (Å²) in [5.74, 6) is -0.0286. The van der Waals surface area contributed by atoms with Crippen LogP contribution in [0.3, 0.4) is 0 Å². The van der Waals surface area contributed by atoms with Crippen molar-refractivity contribution in [3.63, 3.8) is 0 Å². The molecular formula is C28H36N2O4. The average molecular weight is 465 g/mol. The van der Waals surface area contributed by atoms with Crippen molar-refractivity contribution in [2.24, 2.45) is 0 Å². The van der Waals surface area contributed by atoms with Gasteiger partial charge in [0, 0.05) is 25.4 Å². The normalized spacial score (nSPS) is 27.6. The SMILES string of the molecule is O=C1CCCC[C@@]1(NCCO)c1cccc(C2CCC[C@](NCCO)(c3ccccc3)C2=O)c1. The molecule has 182 valence electrons. The van der Waals surface area contributed by atoms with Gasteiger partial charge in [0.1, 0.15) is 11.1 Å². The lowest BCUT2D eigenvalue weighted by molar-refractivity contribution is -0.130. The predicted octanol–water partition coefficient (Wildman–Crippen LogP) is 2.92. The van der Waals surface area contributed by atoms with Crippen LogP contribution in [0.5, 0.6) is 0 Å². The molecule has 2 aromatic carbocycles. The summed E-state index contributed by atoms with van der Waals surface area (Å²) in [6, 6.07) is 17.7. The van der Waals surface area contributed by atoms with Gasteiger partial charge in [-0.3, -0.25) is 20.2 Å². The fourth-order valence-corrected chi connectivity index (χ4v) is 5.91. The molecule has 0 saturated heterocycles. The van der Waals surface area contributed by atoms with Gasteiger partial charge in [0.05, 0.1) is 13.2 Å². The van der Waals surface area contributed by atoms with E-state index in [2.05, 4.69) is 10.6 Å². The molecule has 0 radical (unpaired) electrons. The molecule has 6 nitrogen and oxygen atoms in total. The molecule has 0 amide bonds. The van der Waals surface area contributed by atoms with Gasteiger partial charge in [0.2, 0.25) is 0 Å². The first kappa shape index (κ1) is 24.7. The summed E-state index contributed by atoms with van der Waals surface area (Å²) >= 11 is 0. The third-order valence-corrected chi connectivity index (χ3v) is 7.59. The van der Waals surface area contributed by atoms with Crippen LogP contribution in [0.2, 0.25) is 0 Å². The van der Waals surface area contributed by atoms with E-state index in [0.717, 1.165) is 42.4 Å². The van der Waals surface area contributed by atoms with Crippen molar-refractivity contribution in [1.29, 1.82) is 0 Å². The summed E-state index contributed by atoms with van der Waals surface area (Å²) in [6.45, 7) is 0.617. The zero-order valence-electron chi connectivity index (χ0n) is 19.8. The maximum atomic E-state index is 14.1. The van der Waals surface area contributed by atoms with E-state index in [9.17, 15) is 19.8 Å². The molecule has 0 heterocycles. The quantitative estimate of drug-likeness (QED) is 0.456. The van der Waals surface area contributed by atoms with Crippen LogP contribution < -0.4 is 10.6 Å². The first-order valence-corrected chi connectivity index (χ1v) is 12.5. The number of nitrogens with one attached hydrogen (secondary N) is 2. The van der Waals surface area contributed by atoms with Crippen molar-refractivity contribution in [3.8, 4) is 0 Å². The number of aliphatic hydroxyl groups is 2. The minimum Gasteiger partial charge on any atom is -0.395 e. The Balaban J connectivity index is 1.71. The van der Waals surface area contributed by atoms with Crippen LogP contribution in [0.4, 0.5) is 0 Å². The van der Waals surface area contributed by atoms with Gasteiger partial charge >= 0.3 is 0 Å². The van der Waals surface area contributed by atoms with Gasteiger partial charge in [-0.05, 0) is 48.8 Å². The third-order valence-electron chi connectivity index (χ3n) is 7.59. The van der Waals surface area contributed by atoms with E-state index in [0.29, 0.717) is 32.4 Å². The molecule has 2 saturated carbocycles. The summed E-state index contributed by atoms with van der Waals surface area (Å²) in [6.07, 6.45) is 5.36. The Morgan fingerprint density at radius 1 is 0.794 bits per heavy atom. The molecular weight excluding hydrogens is 428 g/mol. The van der Waals surface area contributed by atoms with E-state index >= 15 is 0 Å². The number of hydrogen-bond acceptors (Lipinski definition) is 6. The van der Waals surface area contributed by atoms with Gasteiger partial charge in [-0.15, -0.1) is 0 Å². The van der Waals surface area contributed by atoms with Gasteiger partial charge in [-0.25, -0.2) is 0 Å². The first-order chi connectivity index (χ1) is 16.6. The van der Waals surface area contributed by atoms with E-state index in [1.54, 1.807) is 0 Å². The van der Waals surface area contributed by atoms with Gasteiger partial charge in [-0.1, -0.05) is 61.0 Å². The highest BCUT2D eigenvalue weighted by atomic mass is 16.3. The smallest absolute Gasteiger partial charge is 0.164 e. The van der Waals surface area contributed by atoms with Crippen LogP contribution >= 0.6 is 0 Å². The van der Waals surface area contributed by atoms with Crippen LogP contribution in [0, 0.1) is 0 Å². The predicted molar refractivity (Wildman–Crippen MR) is 131 cm³/mol. The average Bonchev–Trinajstić information content (AvgIpc) is 2.88. The number of carbonyl (C=O) groups is 2. The Morgan fingerprint density at radius 3 is 2.18 bits per heavy atom. The lowest BCUT2D eigenvalue weighted by atomic mass is 9.68. The van der Waals surface area contributed by atoms with E-state index in [1.165, 1.54) is 0 Å². The number of aliphatic hydroxyl groups excluding tert-OH is 2. The Bertz CT molecular complexity index is 995. The molecule has 2 aliphatic rings. The van der Waals surface area contributed by atoms with E-state index < -0.39 is 11.1 Å². The molecule has 2 aromatic rings. The monoisotopic (exact) mass is 464 g/mol. The minimum atomic E-state index is -0.837. The number of ketones is 2. The molecule has 4 rings (SSSR count). The highest BCUT2D eigenvalue weighted by molar-refractivity contribution is 5.96. The van der Waals surface area contributed by atoms with Gasteiger partial charge < -0.3 is 10.2 Å². The Morgan fingerprint density at radius 2 is 1.47 bits per heavy atom. The van der Waals surface area contributed by atoms with Crippen molar-refractivity contribution in [3.05, 3.63) is 71.3 Å². The number of carbonyl (C=O) groups excluding carboxylic acids is 2. The van der Waals surface area contributed by atoms with Crippen LogP contribution in [0.25, 0.3) is 0 Å². The number of rotatable bonds is 9. The summed E-state index contributed by atoms with van der Waals surface area (Å²) in [4.78, 5) is 27.2. The summed E-state index contributed by atoms with van der Waals surface area (Å²) in [5.41, 5.74) is 1.10. The summed E-state index contributed by atoms with van der Waals surface area (Å²) < 4.78 is 0. The molecule has 0 spiro atoms. The molecule has 6 heteroatoms. The first-order valence-electron chi connectivity index (χ1n) is 12.5. The molecule has 2 aliphatic carbocycles. The highest BCUT2D eigenvalue weighted by Gasteiger charge is 2.47. The van der Waals surface area contributed by atoms with Crippen molar-refractivity contribution in [2.45, 2.75) is 61.9 Å². The lowest BCUT2D eigenvalue weighted by Crippen LogP contribution is -2.54. The summed E-state index contributed by atoms with van der Waals surface area (Å²) in [7, 11) is 0. The molecule has 1 unspecified atom stereocenters. The Kier molecular flexibility index (Phi) is 7.94. The molecule has 2 fully saturated rings. The van der Waals surface area contributed by atoms with Crippen LogP contribution in [-0.4, -0.2) is 48.1 Å². The second-order valence-electron chi connectivity index (χ2n) is 9.54. The number of hydrogen-bond donors (Lipinski definition) is 4. The van der Waals surface area contributed by atoms with Gasteiger partial charge in [-0.2, -0.15) is 0 Å². The molecule has 0 bridgehead atoms. The van der Waals surface area contributed by atoms with Crippen molar-refractivity contribution in [1.82, 2.24) is 10.6 Å².